The number of benzene rings is 1. The van der Waals surface area contributed by atoms with Crippen LogP contribution in [0.3, 0.4) is 0 Å². The van der Waals surface area contributed by atoms with Gasteiger partial charge in [-0.3, -0.25) is 4.79 Å². The molecule has 1 aliphatic rings. The van der Waals surface area contributed by atoms with Crippen LogP contribution in [-0.2, 0) is 11.0 Å². The Labute approximate surface area is 135 Å². The molecule has 1 amide bonds. The molecule has 2 rings (SSSR count). The summed E-state index contributed by atoms with van der Waals surface area (Å²) in [5.74, 6) is 0.0168. The molecule has 0 spiro atoms. The molecule has 0 aliphatic carbocycles. The Bertz CT molecular complexity index is 549. The Hall–Kier alpha value is -1.72. The molecule has 0 atom stereocenters. The van der Waals surface area contributed by atoms with Crippen molar-refractivity contribution in [2.75, 3.05) is 25.0 Å². The normalized spacial score (nSPS) is 16.7. The quantitative estimate of drug-likeness (QED) is 0.843. The second kappa shape index (κ2) is 6.81. The highest BCUT2D eigenvalue weighted by molar-refractivity contribution is 5.78. The highest BCUT2D eigenvalue weighted by Crippen LogP contribution is 2.37. The molecule has 0 unspecified atom stereocenters. The Kier molecular flexibility index (Phi) is 5.22. The second-order valence-electron chi connectivity index (χ2n) is 6.34. The van der Waals surface area contributed by atoms with Gasteiger partial charge in [0.15, 0.2) is 0 Å². The van der Waals surface area contributed by atoms with Crippen molar-refractivity contribution >= 4 is 11.6 Å². The van der Waals surface area contributed by atoms with Crippen molar-refractivity contribution in [2.45, 2.75) is 38.9 Å². The Morgan fingerprint density at radius 3 is 2.30 bits per heavy atom. The van der Waals surface area contributed by atoms with Gasteiger partial charge in [-0.25, -0.2) is 0 Å². The average Bonchev–Trinajstić information content (AvgIpc) is 2.52. The van der Waals surface area contributed by atoms with Gasteiger partial charge in [-0.15, -0.1) is 0 Å². The molecule has 0 bridgehead atoms. The lowest BCUT2D eigenvalue weighted by atomic mass is 10.0. The van der Waals surface area contributed by atoms with Crippen LogP contribution < -0.4 is 4.90 Å². The molecule has 1 aromatic carbocycles. The SMILES string of the molecule is CC(C)C(=O)N(C)C1CCN(c2ccccc2C(F)(F)F)CC1. The lowest BCUT2D eigenvalue weighted by molar-refractivity contribution is -0.137. The number of nitrogens with zero attached hydrogens (tertiary/aromatic N) is 2. The smallest absolute Gasteiger partial charge is 0.371 e. The van der Waals surface area contributed by atoms with Gasteiger partial charge in [0.1, 0.15) is 0 Å². The molecule has 1 aromatic rings. The summed E-state index contributed by atoms with van der Waals surface area (Å²) >= 11 is 0. The lowest BCUT2D eigenvalue weighted by Crippen LogP contribution is -2.47. The van der Waals surface area contributed by atoms with Gasteiger partial charge in [0.05, 0.1) is 5.56 Å². The van der Waals surface area contributed by atoms with Crippen LogP contribution in [0.5, 0.6) is 0 Å². The van der Waals surface area contributed by atoms with Gasteiger partial charge in [0.25, 0.3) is 0 Å². The van der Waals surface area contributed by atoms with E-state index in [0.717, 1.165) is 6.07 Å². The van der Waals surface area contributed by atoms with Crippen molar-refractivity contribution in [1.82, 2.24) is 4.90 Å². The van der Waals surface area contributed by atoms with Crippen molar-refractivity contribution in [3.63, 3.8) is 0 Å². The predicted octanol–water partition coefficient (Wildman–Crippen LogP) is 3.79. The number of anilines is 1. The first kappa shape index (κ1) is 17.6. The average molecular weight is 328 g/mol. The molecule has 23 heavy (non-hydrogen) atoms. The third-order valence-electron chi connectivity index (χ3n) is 4.40. The number of rotatable bonds is 3. The van der Waals surface area contributed by atoms with Crippen LogP contribution in [0, 0.1) is 5.92 Å². The molecular weight excluding hydrogens is 305 g/mol. The monoisotopic (exact) mass is 328 g/mol. The van der Waals surface area contributed by atoms with E-state index in [-0.39, 0.29) is 23.6 Å². The summed E-state index contributed by atoms with van der Waals surface area (Å²) in [5, 5.41) is 0. The number of hydrogen-bond acceptors (Lipinski definition) is 2. The minimum atomic E-state index is -4.35. The maximum Gasteiger partial charge on any atom is 0.418 e. The number of amides is 1. The maximum atomic E-state index is 13.1. The van der Waals surface area contributed by atoms with Crippen molar-refractivity contribution in [2.24, 2.45) is 5.92 Å². The molecule has 0 N–H and O–H groups in total. The van der Waals surface area contributed by atoms with E-state index in [1.807, 2.05) is 13.8 Å². The van der Waals surface area contributed by atoms with Crippen LogP contribution in [0.25, 0.3) is 0 Å². The molecule has 1 fully saturated rings. The zero-order valence-electron chi connectivity index (χ0n) is 13.7. The summed E-state index contributed by atoms with van der Waals surface area (Å²) in [7, 11) is 1.78. The molecule has 1 aliphatic heterocycles. The van der Waals surface area contributed by atoms with Crippen LogP contribution in [-0.4, -0.2) is 37.0 Å². The highest BCUT2D eigenvalue weighted by atomic mass is 19.4. The Morgan fingerprint density at radius 2 is 1.78 bits per heavy atom. The molecule has 1 saturated heterocycles. The van der Waals surface area contributed by atoms with Crippen LogP contribution in [0.15, 0.2) is 24.3 Å². The van der Waals surface area contributed by atoms with E-state index >= 15 is 0 Å². The Balaban J connectivity index is 2.07. The molecular formula is C17H23F3N2O. The van der Waals surface area contributed by atoms with Crippen LogP contribution in [0.4, 0.5) is 18.9 Å². The van der Waals surface area contributed by atoms with Crippen LogP contribution in [0.2, 0.25) is 0 Å². The molecule has 6 heteroatoms. The summed E-state index contributed by atoms with van der Waals surface area (Å²) in [4.78, 5) is 15.6. The third-order valence-corrected chi connectivity index (χ3v) is 4.40. The highest BCUT2D eigenvalue weighted by Gasteiger charge is 2.35. The molecule has 0 radical (unpaired) electrons. The van der Waals surface area contributed by atoms with Crippen molar-refractivity contribution in [1.29, 1.82) is 0 Å². The van der Waals surface area contributed by atoms with E-state index in [2.05, 4.69) is 0 Å². The van der Waals surface area contributed by atoms with E-state index in [1.165, 1.54) is 12.1 Å². The molecule has 3 nitrogen and oxygen atoms in total. The fraction of sp³-hybridized carbons (Fsp3) is 0.588. The van der Waals surface area contributed by atoms with E-state index in [9.17, 15) is 18.0 Å². The fourth-order valence-corrected chi connectivity index (χ4v) is 3.07. The van der Waals surface area contributed by atoms with Gasteiger partial charge < -0.3 is 9.80 Å². The summed E-state index contributed by atoms with van der Waals surface area (Å²) < 4.78 is 39.4. The number of halogens is 3. The largest absolute Gasteiger partial charge is 0.418 e. The molecule has 128 valence electrons. The predicted molar refractivity (Wildman–Crippen MR) is 84.3 cm³/mol. The number of piperidine rings is 1. The molecule has 1 heterocycles. The van der Waals surface area contributed by atoms with Crippen LogP contribution in [0.1, 0.15) is 32.3 Å². The lowest BCUT2D eigenvalue weighted by Gasteiger charge is -2.39. The minimum Gasteiger partial charge on any atom is -0.371 e. The zero-order valence-corrected chi connectivity index (χ0v) is 13.7. The first-order valence-corrected chi connectivity index (χ1v) is 7.89. The fourth-order valence-electron chi connectivity index (χ4n) is 3.07. The topological polar surface area (TPSA) is 23.6 Å². The number of carbonyl (C=O) groups excluding carboxylic acids is 1. The van der Waals surface area contributed by atoms with Crippen molar-refractivity contribution in [3.05, 3.63) is 29.8 Å². The van der Waals surface area contributed by atoms with Gasteiger partial charge in [-0.1, -0.05) is 26.0 Å². The van der Waals surface area contributed by atoms with Gasteiger partial charge in [-0.05, 0) is 25.0 Å². The van der Waals surface area contributed by atoms with E-state index in [1.54, 1.807) is 22.9 Å². The number of alkyl halides is 3. The number of para-hydroxylation sites is 1. The second-order valence-corrected chi connectivity index (χ2v) is 6.34. The van der Waals surface area contributed by atoms with E-state index < -0.39 is 11.7 Å². The van der Waals surface area contributed by atoms with Gasteiger partial charge in [0, 0.05) is 37.8 Å². The summed E-state index contributed by atoms with van der Waals surface area (Å²) in [6.07, 6.45) is -2.99. The van der Waals surface area contributed by atoms with Gasteiger partial charge >= 0.3 is 6.18 Å². The minimum absolute atomic E-state index is 0.0658. The van der Waals surface area contributed by atoms with E-state index in [0.29, 0.717) is 25.9 Å². The summed E-state index contributed by atoms with van der Waals surface area (Å²) in [6.45, 7) is 4.75. The maximum absolute atomic E-state index is 13.1. The first-order chi connectivity index (χ1) is 10.7. The zero-order chi connectivity index (χ0) is 17.2. The summed E-state index contributed by atoms with van der Waals surface area (Å²) in [5.41, 5.74) is -0.360. The third kappa shape index (κ3) is 3.98. The Morgan fingerprint density at radius 1 is 1.22 bits per heavy atom. The van der Waals surface area contributed by atoms with Gasteiger partial charge in [-0.2, -0.15) is 13.2 Å². The first-order valence-electron chi connectivity index (χ1n) is 7.89. The van der Waals surface area contributed by atoms with Gasteiger partial charge in [0.2, 0.25) is 5.91 Å². The standard InChI is InChI=1S/C17H23F3N2O/c1-12(2)16(23)21(3)13-8-10-22(11-9-13)15-7-5-4-6-14(15)17(18,19)20/h4-7,12-13H,8-11H2,1-3H3. The van der Waals surface area contributed by atoms with E-state index in [4.69, 9.17) is 0 Å². The summed E-state index contributed by atoms with van der Waals surface area (Å²) in [6, 6.07) is 5.78. The van der Waals surface area contributed by atoms with Crippen molar-refractivity contribution in [3.8, 4) is 0 Å². The molecule has 0 saturated carbocycles. The number of carbonyl (C=O) groups is 1. The van der Waals surface area contributed by atoms with Crippen LogP contribution >= 0.6 is 0 Å². The van der Waals surface area contributed by atoms with Crippen molar-refractivity contribution < 1.29 is 18.0 Å². The molecule has 0 aromatic heterocycles. The number of hydrogen-bond donors (Lipinski definition) is 0.